The highest BCUT2D eigenvalue weighted by atomic mass is 32.2. The number of aromatic nitrogens is 4. The second-order valence-corrected chi connectivity index (χ2v) is 6.46. The molecule has 3 rings (SSSR count). The van der Waals surface area contributed by atoms with E-state index in [1.54, 1.807) is 0 Å². The summed E-state index contributed by atoms with van der Waals surface area (Å²) in [6.07, 6.45) is 8.68. The fourth-order valence-electron chi connectivity index (χ4n) is 2.23. The molecule has 7 heteroatoms. The smallest absolute Gasteiger partial charge is 0.357 e. The maximum atomic E-state index is 2.41. The first-order chi connectivity index (χ1) is 7.75. The fraction of sp³-hybridized carbons (Fsp3) is 0.333. The average Bonchev–Trinajstić information content (AvgIpc) is 2.72. The molecule has 0 amide bonds. The molecular weight excluding hydrogens is 239 g/mol. The van der Waals surface area contributed by atoms with Crippen LogP contribution < -0.4 is 8.96 Å². The number of nitrogens with zero attached hydrogens (tertiary/aromatic N) is 4. The minimum atomic E-state index is -0.325. The summed E-state index contributed by atoms with van der Waals surface area (Å²) in [5.74, 6) is 0. The van der Waals surface area contributed by atoms with Crippen molar-refractivity contribution in [3.63, 3.8) is 0 Å². The zero-order valence-corrected chi connectivity index (χ0v) is 11.3. The lowest BCUT2D eigenvalue weighted by Gasteiger charge is -2.12. The van der Waals surface area contributed by atoms with E-state index >= 15 is 0 Å². The van der Waals surface area contributed by atoms with Gasteiger partial charge in [-0.15, -0.1) is 0 Å². The highest BCUT2D eigenvalue weighted by molar-refractivity contribution is 8.15. The first-order valence-electron chi connectivity index (χ1n) is 5.37. The minimum absolute atomic E-state index is 0.325. The van der Waals surface area contributed by atoms with Gasteiger partial charge in [-0.05, 0) is 23.5 Å². The zero-order chi connectivity index (χ0) is 11.1. The molecule has 3 heterocycles. The van der Waals surface area contributed by atoms with Gasteiger partial charge in [-0.2, -0.15) is 0 Å². The van der Waals surface area contributed by atoms with Crippen molar-refractivity contribution in [1.29, 1.82) is 0 Å². The van der Waals surface area contributed by atoms with E-state index in [4.69, 9.17) is 0 Å². The van der Waals surface area contributed by atoms with Gasteiger partial charge in [0.1, 0.15) is 12.4 Å². The molecule has 0 N–H and O–H groups in total. The summed E-state index contributed by atoms with van der Waals surface area (Å²) in [7, 11) is 3.91. The maximum absolute atomic E-state index is 2.41. The van der Waals surface area contributed by atoms with Gasteiger partial charge in [-0.1, -0.05) is 0 Å². The number of rotatable bonds is 0. The van der Waals surface area contributed by atoms with Gasteiger partial charge < -0.3 is 8.96 Å². The van der Waals surface area contributed by atoms with Crippen LogP contribution in [0.5, 0.6) is 0 Å². The Labute approximate surface area is 104 Å². The van der Waals surface area contributed by atoms with Gasteiger partial charge in [0.2, 0.25) is 0 Å². The third-order valence-corrected chi connectivity index (χ3v) is 5.65. The van der Waals surface area contributed by atoms with Crippen LogP contribution >= 0.6 is 23.5 Å². The lowest BCUT2D eigenvalue weighted by atomic mass is 10.2. The molecule has 1 aliphatic heterocycles. The minimum Gasteiger partial charge on any atom is -0.386 e. The van der Waals surface area contributed by atoms with Crippen molar-refractivity contribution < 1.29 is 8.96 Å². The van der Waals surface area contributed by atoms with Crippen LogP contribution in [-0.2, 0) is 14.1 Å². The Morgan fingerprint density at radius 2 is 1.56 bits per heavy atom. The van der Waals surface area contributed by atoms with E-state index < -0.39 is 0 Å². The van der Waals surface area contributed by atoms with Crippen LogP contribution in [-0.4, -0.2) is 21.8 Å². The van der Waals surface area contributed by atoms with Gasteiger partial charge in [0.25, 0.3) is 10.3 Å². The van der Waals surface area contributed by atoms with E-state index in [9.17, 15) is 0 Å². The van der Waals surface area contributed by atoms with Gasteiger partial charge in [0.05, 0.1) is 31.6 Å². The lowest BCUT2D eigenvalue weighted by molar-refractivity contribution is -0.699. The Balaban J connectivity index is 2.07. The van der Waals surface area contributed by atoms with Crippen LogP contribution in [0.15, 0.2) is 35.1 Å². The monoisotopic (exact) mass is 253 g/mol. The summed E-state index contributed by atoms with van der Waals surface area (Å²) in [6, 6.07) is 0. The molecule has 1 aliphatic rings. The van der Waals surface area contributed by atoms with E-state index in [-0.39, 0.29) is 7.55 Å². The predicted molar refractivity (Wildman–Crippen MR) is 67.1 cm³/mol. The van der Waals surface area contributed by atoms with Crippen molar-refractivity contribution in [3.8, 4) is 0 Å². The number of hydrogen-bond donors (Lipinski definition) is 0. The van der Waals surface area contributed by atoms with Gasteiger partial charge >= 0.3 is 7.55 Å². The molecule has 0 saturated heterocycles. The van der Waals surface area contributed by atoms with Crippen LogP contribution in [0.25, 0.3) is 0 Å². The third kappa shape index (κ3) is 1.58. The summed E-state index contributed by atoms with van der Waals surface area (Å²) >= 11 is 3.85. The van der Waals surface area contributed by atoms with Crippen LogP contribution in [0.1, 0.15) is 0 Å². The quantitative estimate of drug-likeness (QED) is 0.588. The molecule has 0 fully saturated rings. The molecule has 2 aromatic rings. The first kappa shape index (κ1) is 10.3. The number of aryl methyl sites for hydroxylation is 2. The van der Waals surface area contributed by atoms with E-state index in [1.165, 1.54) is 10.3 Å². The van der Waals surface area contributed by atoms with Crippen molar-refractivity contribution in [2.75, 3.05) is 5.08 Å². The zero-order valence-electron chi connectivity index (χ0n) is 9.62. The number of thioether (sulfide) groups is 2. The molecule has 0 aliphatic carbocycles. The van der Waals surface area contributed by atoms with Crippen molar-refractivity contribution in [3.05, 3.63) is 24.8 Å². The summed E-state index contributed by atoms with van der Waals surface area (Å²) < 4.78 is 9.24. The second kappa shape index (κ2) is 3.89. The highest BCUT2D eigenvalue weighted by Crippen LogP contribution is 2.24. The largest absolute Gasteiger partial charge is 0.386 e. The molecule has 4 nitrogen and oxygen atoms in total. The van der Waals surface area contributed by atoms with Crippen LogP contribution in [0.3, 0.4) is 0 Å². The molecule has 0 bridgehead atoms. The topological polar surface area (TPSA) is 17.6 Å². The predicted octanol–water partition coefficient (Wildman–Crippen LogP) is -0.511. The summed E-state index contributed by atoms with van der Waals surface area (Å²) in [6.45, 7) is 0. The number of imidazole rings is 2. The fourth-order valence-corrected chi connectivity index (χ4v) is 4.53. The summed E-state index contributed by atoms with van der Waals surface area (Å²) in [5.41, 5.74) is 0. The molecule has 84 valence electrons. The summed E-state index contributed by atoms with van der Waals surface area (Å²) in [5, 5.41) is 3.81. The van der Waals surface area contributed by atoms with E-state index in [0.717, 1.165) is 5.08 Å². The molecule has 0 spiro atoms. The van der Waals surface area contributed by atoms with E-state index in [0.29, 0.717) is 0 Å². The van der Waals surface area contributed by atoms with E-state index in [2.05, 4.69) is 57.0 Å². The maximum Gasteiger partial charge on any atom is 0.357 e. The summed E-state index contributed by atoms with van der Waals surface area (Å²) in [4.78, 5) is 0. The molecule has 0 atom stereocenters. The Morgan fingerprint density at radius 1 is 1.06 bits per heavy atom. The Kier molecular flexibility index (Phi) is 2.51. The number of hydrogen-bond acceptors (Lipinski definition) is 2. The Hall–Kier alpha value is -0.815. The van der Waals surface area contributed by atoms with Crippen LogP contribution in [0.4, 0.5) is 0 Å². The highest BCUT2D eigenvalue weighted by Gasteiger charge is 2.21. The molecule has 0 saturated carbocycles. The molecule has 2 aromatic heterocycles. The van der Waals surface area contributed by atoms with Crippen molar-refractivity contribution in [2.45, 2.75) is 10.3 Å². The van der Waals surface area contributed by atoms with Crippen LogP contribution in [0, 0.1) is 0 Å². The van der Waals surface area contributed by atoms with Crippen molar-refractivity contribution >= 4 is 31.1 Å². The van der Waals surface area contributed by atoms with Gasteiger partial charge in [-0.25, -0.2) is 9.13 Å². The van der Waals surface area contributed by atoms with Crippen LogP contribution in [0.2, 0.25) is 0 Å². The van der Waals surface area contributed by atoms with Gasteiger partial charge in [0, 0.05) is 0 Å². The van der Waals surface area contributed by atoms with Gasteiger partial charge in [0.15, 0.2) is 0 Å². The molecule has 0 radical (unpaired) electrons. The molecule has 16 heavy (non-hydrogen) atoms. The molecule has 0 unspecified atom stereocenters. The molecular formula is C9H14BN4S2+. The molecule has 0 aromatic carbocycles. The van der Waals surface area contributed by atoms with Gasteiger partial charge in [-0.3, -0.25) is 0 Å². The normalized spacial score (nSPS) is 15.1. The third-order valence-electron chi connectivity index (χ3n) is 3.04. The SMILES string of the molecule is Cn1cc[n+]2c1SCSc1n(C)cc[n+]1[BH2-]2. The number of fused-ring (bicyclic) bond motifs is 2. The standard InChI is InChI=1S/C9H14BN4S2/c1-11-3-5-13-8(11)15-7-16-9-12(2)4-6-14(9)10-13/h3-6H,7,10H2,1-2H3/q+1. The second-order valence-electron chi connectivity index (χ2n) is 4.21. The lowest BCUT2D eigenvalue weighted by Crippen LogP contribution is -2.60. The van der Waals surface area contributed by atoms with Crippen molar-refractivity contribution in [2.24, 2.45) is 14.1 Å². The Bertz CT molecular complexity index is 487. The first-order valence-corrected chi connectivity index (χ1v) is 7.34. The average molecular weight is 253 g/mol. The Morgan fingerprint density at radius 3 is 2.06 bits per heavy atom. The van der Waals surface area contributed by atoms with E-state index in [1.807, 2.05) is 23.5 Å². The van der Waals surface area contributed by atoms with Crippen molar-refractivity contribution in [1.82, 2.24) is 9.13 Å².